The highest BCUT2D eigenvalue weighted by Gasteiger charge is 2.12. The summed E-state index contributed by atoms with van der Waals surface area (Å²) in [6, 6.07) is 25.1. The van der Waals surface area contributed by atoms with E-state index in [1.807, 2.05) is 86.6 Å². The number of rotatable bonds is 10. The van der Waals surface area contributed by atoms with Crippen LogP contribution in [-0.2, 0) is 14.4 Å². The first-order chi connectivity index (χ1) is 19.9. The van der Waals surface area contributed by atoms with Gasteiger partial charge in [0.05, 0.1) is 27.5 Å². The summed E-state index contributed by atoms with van der Waals surface area (Å²) in [6.45, 7) is 3.95. The number of nitrogens with one attached hydrogen (secondary N) is 3. The maximum atomic E-state index is 12.5. The number of thiazole rings is 1. The van der Waals surface area contributed by atoms with Gasteiger partial charge >= 0.3 is 0 Å². The van der Waals surface area contributed by atoms with Crippen molar-refractivity contribution in [2.24, 2.45) is 0 Å². The Hall–Kier alpha value is -3.86. The normalized spacial score (nSPS) is 11.0. The summed E-state index contributed by atoms with van der Waals surface area (Å²) in [6.07, 6.45) is 0. The third kappa shape index (κ3) is 7.46. The minimum absolute atomic E-state index is 0.0806. The summed E-state index contributed by atoms with van der Waals surface area (Å²) in [4.78, 5) is 42.1. The van der Waals surface area contributed by atoms with Crippen molar-refractivity contribution in [2.45, 2.75) is 18.2 Å². The van der Waals surface area contributed by atoms with E-state index in [9.17, 15) is 14.4 Å². The molecule has 208 valence electrons. The number of aryl methyl sites for hydroxylation is 2. The van der Waals surface area contributed by atoms with Gasteiger partial charge in [-0.1, -0.05) is 66.4 Å². The van der Waals surface area contributed by atoms with E-state index in [1.165, 1.54) is 34.9 Å². The second-order valence-electron chi connectivity index (χ2n) is 9.38. The molecule has 0 fully saturated rings. The highest BCUT2D eigenvalue weighted by atomic mass is 32.2. The van der Waals surface area contributed by atoms with Crippen molar-refractivity contribution >= 4 is 90.6 Å². The summed E-state index contributed by atoms with van der Waals surface area (Å²) in [5.74, 6) is 0.153. The summed E-state index contributed by atoms with van der Waals surface area (Å²) < 4.78 is 1.70. The summed E-state index contributed by atoms with van der Waals surface area (Å²) in [5, 5.41) is 10.9. The monoisotopic (exact) mass is 600 g/mol. The number of anilines is 3. The molecule has 3 N–H and O–H groups in total. The van der Waals surface area contributed by atoms with Crippen LogP contribution in [0.2, 0.25) is 0 Å². The molecule has 0 saturated carbocycles. The maximum absolute atomic E-state index is 12.5. The van der Waals surface area contributed by atoms with E-state index in [0.717, 1.165) is 47.8 Å². The number of benzene rings is 4. The lowest BCUT2D eigenvalue weighted by molar-refractivity contribution is -0.114. The van der Waals surface area contributed by atoms with Gasteiger partial charge in [0.15, 0.2) is 4.34 Å². The molecule has 0 aliphatic rings. The van der Waals surface area contributed by atoms with Crippen LogP contribution in [0.1, 0.15) is 11.1 Å². The quantitative estimate of drug-likeness (QED) is 0.148. The maximum Gasteiger partial charge on any atom is 0.234 e. The molecule has 0 aliphatic carbocycles. The highest BCUT2D eigenvalue weighted by molar-refractivity contribution is 8.01. The van der Waals surface area contributed by atoms with E-state index >= 15 is 0 Å². The lowest BCUT2D eigenvalue weighted by atomic mass is 10.1. The smallest absolute Gasteiger partial charge is 0.234 e. The molecule has 3 amide bonds. The van der Waals surface area contributed by atoms with Gasteiger partial charge in [-0.2, -0.15) is 0 Å². The number of hydrogen-bond donors (Lipinski definition) is 3. The fraction of sp³-hybridized carbons (Fsp3) is 0.161. The summed E-state index contributed by atoms with van der Waals surface area (Å²) in [7, 11) is 0. The molecule has 4 aromatic carbocycles. The zero-order valence-electron chi connectivity index (χ0n) is 22.5. The van der Waals surface area contributed by atoms with E-state index in [-0.39, 0.29) is 35.0 Å². The van der Waals surface area contributed by atoms with Gasteiger partial charge in [-0.05, 0) is 54.6 Å². The molecular formula is C31H28N4O3S3. The molecule has 41 heavy (non-hydrogen) atoms. The van der Waals surface area contributed by atoms with Crippen LogP contribution in [0.15, 0.2) is 83.2 Å². The lowest BCUT2D eigenvalue weighted by Crippen LogP contribution is -2.18. The molecular weight excluding hydrogens is 573 g/mol. The number of para-hydroxylation sites is 1. The van der Waals surface area contributed by atoms with Gasteiger partial charge in [0.25, 0.3) is 0 Å². The molecule has 7 nitrogen and oxygen atoms in total. The number of aromatic nitrogens is 1. The first-order valence-electron chi connectivity index (χ1n) is 12.9. The highest BCUT2D eigenvalue weighted by Crippen LogP contribution is 2.32. The molecule has 0 atom stereocenters. The SMILES string of the molecule is Cc1cccc(C)c1NC(=O)CSc1nc2ccc(NC(=O)CSCC(=O)Nc3cccc4ccccc34)cc2s1. The predicted molar refractivity (Wildman–Crippen MR) is 173 cm³/mol. The molecule has 5 aromatic rings. The van der Waals surface area contributed by atoms with E-state index < -0.39 is 0 Å². The molecule has 1 aromatic heterocycles. The third-order valence-corrected chi connectivity index (χ3v) is 9.35. The molecule has 0 saturated heterocycles. The van der Waals surface area contributed by atoms with Gasteiger partial charge in [0.1, 0.15) is 0 Å². The topological polar surface area (TPSA) is 100 Å². The second kappa shape index (κ2) is 13.2. The Morgan fingerprint density at radius 2 is 1.44 bits per heavy atom. The summed E-state index contributed by atoms with van der Waals surface area (Å²) >= 11 is 4.12. The zero-order valence-corrected chi connectivity index (χ0v) is 25.0. The van der Waals surface area contributed by atoms with Crippen molar-refractivity contribution < 1.29 is 14.4 Å². The number of carbonyl (C=O) groups is 3. The first kappa shape index (κ1) is 28.7. The largest absolute Gasteiger partial charge is 0.325 e. The number of amides is 3. The van der Waals surface area contributed by atoms with Crippen molar-refractivity contribution in [1.82, 2.24) is 4.98 Å². The van der Waals surface area contributed by atoms with E-state index in [1.54, 1.807) is 6.07 Å². The molecule has 5 rings (SSSR count). The molecule has 10 heteroatoms. The van der Waals surface area contributed by atoms with Crippen molar-refractivity contribution in [2.75, 3.05) is 33.2 Å². The third-order valence-electron chi connectivity index (χ3n) is 6.25. The Morgan fingerprint density at radius 1 is 0.756 bits per heavy atom. The van der Waals surface area contributed by atoms with Crippen molar-refractivity contribution in [3.8, 4) is 0 Å². The second-order valence-corrected chi connectivity index (χ2v) is 12.6. The molecule has 1 heterocycles. The molecule has 0 aliphatic heterocycles. The van der Waals surface area contributed by atoms with E-state index in [2.05, 4.69) is 20.9 Å². The minimum atomic E-state index is -0.186. The van der Waals surface area contributed by atoms with Gasteiger partial charge in [-0.25, -0.2) is 4.98 Å². The van der Waals surface area contributed by atoms with Gasteiger partial charge in [0, 0.05) is 22.4 Å². The van der Waals surface area contributed by atoms with Crippen LogP contribution in [0.25, 0.3) is 21.0 Å². The average molecular weight is 601 g/mol. The Kier molecular flexibility index (Phi) is 9.23. The van der Waals surface area contributed by atoms with Gasteiger partial charge in [0.2, 0.25) is 17.7 Å². The van der Waals surface area contributed by atoms with Gasteiger partial charge < -0.3 is 16.0 Å². The van der Waals surface area contributed by atoms with Crippen molar-refractivity contribution in [3.05, 3.63) is 90.0 Å². The molecule has 0 unspecified atom stereocenters. The van der Waals surface area contributed by atoms with Crippen LogP contribution in [0.5, 0.6) is 0 Å². The van der Waals surface area contributed by atoms with Crippen molar-refractivity contribution in [1.29, 1.82) is 0 Å². The predicted octanol–water partition coefficient (Wildman–Crippen LogP) is 7.11. The van der Waals surface area contributed by atoms with E-state index in [4.69, 9.17) is 0 Å². The lowest BCUT2D eigenvalue weighted by Gasteiger charge is -2.10. The number of fused-ring (bicyclic) bond motifs is 2. The number of nitrogens with zero attached hydrogens (tertiary/aromatic N) is 1. The van der Waals surface area contributed by atoms with Crippen LogP contribution in [0.4, 0.5) is 17.1 Å². The first-order valence-corrected chi connectivity index (χ1v) is 15.9. The van der Waals surface area contributed by atoms with Crippen LogP contribution in [0, 0.1) is 13.8 Å². The fourth-order valence-electron chi connectivity index (χ4n) is 4.31. The molecule has 0 radical (unpaired) electrons. The summed E-state index contributed by atoms with van der Waals surface area (Å²) in [5.41, 5.74) is 5.14. The average Bonchev–Trinajstić information content (AvgIpc) is 3.36. The van der Waals surface area contributed by atoms with Crippen LogP contribution >= 0.6 is 34.9 Å². The number of hydrogen-bond acceptors (Lipinski definition) is 7. The fourth-order valence-corrected chi connectivity index (χ4v) is 6.84. The number of thioether (sulfide) groups is 2. The Morgan fingerprint density at radius 3 is 2.24 bits per heavy atom. The molecule has 0 spiro atoms. The Labute approximate surface area is 250 Å². The number of carbonyl (C=O) groups excluding carboxylic acids is 3. The Bertz CT molecular complexity index is 1730. The van der Waals surface area contributed by atoms with Crippen molar-refractivity contribution in [3.63, 3.8) is 0 Å². The van der Waals surface area contributed by atoms with E-state index in [0.29, 0.717) is 5.69 Å². The van der Waals surface area contributed by atoms with Gasteiger partial charge in [-0.3, -0.25) is 14.4 Å². The Balaban J connectivity index is 1.09. The zero-order chi connectivity index (χ0) is 28.8. The minimum Gasteiger partial charge on any atom is -0.325 e. The van der Waals surface area contributed by atoms with Crippen LogP contribution in [0.3, 0.4) is 0 Å². The standard InChI is InChI=1S/C31H28N4O3S3/c1-19-7-5-8-20(2)30(19)35-29(38)18-40-31-34-25-14-13-22(15-26(25)41-31)32-27(36)16-39-17-28(37)33-24-12-6-10-21-9-3-4-11-23(21)24/h3-15H,16-18H2,1-2H3,(H,32,36)(H,33,37)(H,35,38). The van der Waals surface area contributed by atoms with Crippen LogP contribution < -0.4 is 16.0 Å². The molecule has 0 bridgehead atoms. The van der Waals surface area contributed by atoms with Gasteiger partial charge in [-0.15, -0.1) is 23.1 Å². The van der Waals surface area contributed by atoms with Crippen LogP contribution in [-0.4, -0.2) is 40.0 Å².